The molecule has 0 spiro atoms. The van der Waals surface area contributed by atoms with Crippen LogP contribution in [0.15, 0.2) is 30.4 Å². The molecular formula is C16H19NO3. The number of fused-ring (bicyclic) bond motifs is 1. The number of allylic oxidation sites excluding steroid dienone is 2. The zero-order valence-electron chi connectivity index (χ0n) is 11.4. The predicted molar refractivity (Wildman–Crippen MR) is 77.2 cm³/mol. The number of hydrogen-bond donors (Lipinski definition) is 1. The Morgan fingerprint density at radius 3 is 2.90 bits per heavy atom. The second kappa shape index (κ2) is 5.99. The van der Waals surface area contributed by atoms with E-state index in [9.17, 15) is 4.79 Å². The van der Waals surface area contributed by atoms with Crippen molar-refractivity contribution in [3.8, 4) is 11.5 Å². The summed E-state index contributed by atoms with van der Waals surface area (Å²) in [6.45, 7) is 1.32. The quantitative estimate of drug-likeness (QED) is 0.861. The molecule has 2 aliphatic rings. The number of benzene rings is 1. The van der Waals surface area contributed by atoms with Crippen LogP contribution in [-0.2, 0) is 4.79 Å². The highest BCUT2D eigenvalue weighted by Crippen LogP contribution is 2.32. The monoisotopic (exact) mass is 273 g/mol. The van der Waals surface area contributed by atoms with Crippen LogP contribution in [0, 0.1) is 5.92 Å². The number of rotatable bonds is 3. The van der Waals surface area contributed by atoms with E-state index in [2.05, 4.69) is 17.5 Å². The average Bonchev–Trinajstić information content (AvgIpc) is 2.82. The Labute approximate surface area is 118 Å². The molecule has 0 bridgehead atoms. The van der Waals surface area contributed by atoms with Gasteiger partial charge in [-0.05, 0) is 30.9 Å². The zero-order chi connectivity index (χ0) is 13.8. The van der Waals surface area contributed by atoms with Gasteiger partial charge in [-0.2, -0.15) is 0 Å². The van der Waals surface area contributed by atoms with Crippen LogP contribution >= 0.6 is 0 Å². The molecule has 0 radical (unpaired) electrons. The Kier molecular flexibility index (Phi) is 3.90. The molecule has 0 fully saturated rings. The van der Waals surface area contributed by atoms with Crippen LogP contribution in [0.2, 0.25) is 0 Å². The first-order valence-corrected chi connectivity index (χ1v) is 7.17. The van der Waals surface area contributed by atoms with E-state index in [-0.39, 0.29) is 5.91 Å². The second-order valence-corrected chi connectivity index (χ2v) is 5.23. The van der Waals surface area contributed by atoms with E-state index in [0.717, 1.165) is 30.7 Å². The minimum atomic E-state index is 0.0519. The lowest BCUT2D eigenvalue weighted by molar-refractivity contribution is -0.116. The summed E-state index contributed by atoms with van der Waals surface area (Å²) in [4.78, 5) is 12.0. The number of carbonyl (C=O) groups excluding carboxylic acids is 1. The van der Waals surface area contributed by atoms with Crippen molar-refractivity contribution in [2.24, 2.45) is 5.92 Å². The summed E-state index contributed by atoms with van der Waals surface area (Å²) in [6, 6.07) is 5.55. The van der Waals surface area contributed by atoms with Crippen molar-refractivity contribution in [1.82, 2.24) is 0 Å². The highest BCUT2D eigenvalue weighted by atomic mass is 16.5. The average molecular weight is 273 g/mol. The van der Waals surface area contributed by atoms with Gasteiger partial charge in [0.25, 0.3) is 0 Å². The van der Waals surface area contributed by atoms with Crippen molar-refractivity contribution >= 4 is 11.6 Å². The molecule has 20 heavy (non-hydrogen) atoms. The fourth-order valence-corrected chi connectivity index (χ4v) is 2.56. The number of anilines is 1. The topological polar surface area (TPSA) is 47.6 Å². The van der Waals surface area contributed by atoms with Gasteiger partial charge in [-0.3, -0.25) is 4.79 Å². The lowest BCUT2D eigenvalue weighted by atomic mass is 10.1. The summed E-state index contributed by atoms with van der Waals surface area (Å²) >= 11 is 0. The first kappa shape index (κ1) is 13.0. The van der Waals surface area contributed by atoms with Gasteiger partial charge in [0, 0.05) is 24.6 Å². The smallest absolute Gasteiger partial charge is 0.224 e. The lowest BCUT2D eigenvalue weighted by Gasteiger charge is -2.11. The molecule has 1 amide bonds. The summed E-state index contributed by atoms with van der Waals surface area (Å²) in [5, 5.41) is 2.93. The Balaban J connectivity index is 1.63. The molecule has 4 nitrogen and oxygen atoms in total. The molecule has 0 saturated heterocycles. The van der Waals surface area contributed by atoms with Gasteiger partial charge >= 0.3 is 0 Å². The maximum atomic E-state index is 12.0. The minimum Gasteiger partial charge on any atom is -0.490 e. The molecule has 1 unspecified atom stereocenters. The Hall–Kier alpha value is -1.97. The van der Waals surface area contributed by atoms with Gasteiger partial charge in [-0.1, -0.05) is 12.2 Å². The largest absolute Gasteiger partial charge is 0.490 e. The first-order chi connectivity index (χ1) is 9.81. The van der Waals surface area contributed by atoms with E-state index in [1.807, 2.05) is 18.2 Å². The maximum Gasteiger partial charge on any atom is 0.224 e. The fourth-order valence-electron chi connectivity index (χ4n) is 2.56. The fraction of sp³-hybridized carbons (Fsp3) is 0.438. The van der Waals surface area contributed by atoms with E-state index in [0.29, 0.717) is 31.3 Å². The maximum absolute atomic E-state index is 12.0. The van der Waals surface area contributed by atoms with E-state index < -0.39 is 0 Å². The third-order valence-corrected chi connectivity index (χ3v) is 3.59. The third kappa shape index (κ3) is 3.13. The van der Waals surface area contributed by atoms with E-state index in [1.54, 1.807) is 0 Å². The van der Waals surface area contributed by atoms with Crippen LogP contribution < -0.4 is 14.8 Å². The van der Waals surface area contributed by atoms with Gasteiger partial charge in [0.15, 0.2) is 11.5 Å². The van der Waals surface area contributed by atoms with Gasteiger partial charge in [0.2, 0.25) is 5.91 Å². The molecule has 1 atom stereocenters. The highest BCUT2D eigenvalue weighted by molar-refractivity contribution is 5.91. The van der Waals surface area contributed by atoms with Gasteiger partial charge in [-0.25, -0.2) is 0 Å². The predicted octanol–water partition coefficient (Wildman–Crippen LogP) is 3.14. The molecule has 1 N–H and O–H groups in total. The molecule has 1 aromatic carbocycles. The Morgan fingerprint density at radius 1 is 1.25 bits per heavy atom. The molecule has 106 valence electrons. The Morgan fingerprint density at radius 2 is 2.10 bits per heavy atom. The molecule has 3 rings (SSSR count). The van der Waals surface area contributed by atoms with Gasteiger partial charge in [-0.15, -0.1) is 0 Å². The lowest BCUT2D eigenvalue weighted by Crippen LogP contribution is -2.14. The number of hydrogen-bond acceptors (Lipinski definition) is 3. The first-order valence-electron chi connectivity index (χ1n) is 7.17. The van der Waals surface area contributed by atoms with Crippen LogP contribution in [0.1, 0.15) is 25.7 Å². The molecule has 1 aliphatic carbocycles. The number of nitrogens with one attached hydrogen (secondary N) is 1. The third-order valence-electron chi connectivity index (χ3n) is 3.59. The van der Waals surface area contributed by atoms with Gasteiger partial charge in [0.05, 0.1) is 13.2 Å². The van der Waals surface area contributed by atoms with Crippen LogP contribution in [0.25, 0.3) is 0 Å². The SMILES string of the molecule is O=C(CC1C=CCC1)Nc1ccc2c(c1)OCCCO2. The molecule has 0 aromatic heterocycles. The summed E-state index contributed by atoms with van der Waals surface area (Å²) in [7, 11) is 0. The minimum absolute atomic E-state index is 0.0519. The molecular weight excluding hydrogens is 254 g/mol. The highest BCUT2D eigenvalue weighted by Gasteiger charge is 2.15. The van der Waals surface area contributed by atoms with Crippen molar-refractivity contribution in [3.63, 3.8) is 0 Å². The van der Waals surface area contributed by atoms with E-state index >= 15 is 0 Å². The van der Waals surface area contributed by atoms with E-state index in [1.165, 1.54) is 0 Å². The summed E-state index contributed by atoms with van der Waals surface area (Å²) in [6.07, 6.45) is 7.87. The van der Waals surface area contributed by atoms with Crippen LogP contribution in [0.4, 0.5) is 5.69 Å². The van der Waals surface area contributed by atoms with Crippen molar-refractivity contribution < 1.29 is 14.3 Å². The van der Waals surface area contributed by atoms with E-state index in [4.69, 9.17) is 9.47 Å². The van der Waals surface area contributed by atoms with Crippen molar-refractivity contribution in [2.75, 3.05) is 18.5 Å². The van der Waals surface area contributed by atoms with Crippen molar-refractivity contribution in [1.29, 1.82) is 0 Å². The second-order valence-electron chi connectivity index (χ2n) is 5.23. The number of amides is 1. The summed E-state index contributed by atoms with van der Waals surface area (Å²) in [5.74, 6) is 1.90. The zero-order valence-corrected chi connectivity index (χ0v) is 11.4. The molecule has 1 heterocycles. The van der Waals surface area contributed by atoms with Gasteiger partial charge in [0.1, 0.15) is 0 Å². The number of carbonyl (C=O) groups is 1. The molecule has 1 aliphatic heterocycles. The summed E-state index contributed by atoms with van der Waals surface area (Å²) in [5.41, 5.74) is 0.765. The standard InChI is InChI=1S/C16H19NO3/c18-16(10-12-4-1-2-5-12)17-13-6-7-14-15(11-13)20-9-3-8-19-14/h1,4,6-7,11-12H,2-3,5,8-10H2,(H,17,18). The molecule has 1 aromatic rings. The van der Waals surface area contributed by atoms with Crippen molar-refractivity contribution in [3.05, 3.63) is 30.4 Å². The van der Waals surface area contributed by atoms with Crippen molar-refractivity contribution in [2.45, 2.75) is 25.7 Å². The normalized spacial score (nSPS) is 20.5. The van der Waals surface area contributed by atoms with Gasteiger partial charge < -0.3 is 14.8 Å². The Bertz CT molecular complexity index is 524. The number of ether oxygens (including phenoxy) is 2. The molecule has 4 heteroatoms. The molecule has 0 saturated carbocycles. The van der Waals surface area contributed by atoms with Crippen LogP contribution in [0.3, 0.4) is 0 Å². The summed E-state index contributed by atoms with van der Waals surface area (Å²) < 4.78 is 11.2. The van der Waals surface area contributed by atoms with Crippen LogP contribution in [-0.4, -0.2) is 19.1 Å². The van der Waals surface area contributed by atoms with Crippen LogP contribution in [0.5, 0.6) is 11.5 Å².